The van der Waals surface area contributed by atoms with Gasteiger partial charge < -0.3 is 14.7 Å². The molecule has 0 aromatic carbocycles. The number of rotatable bonds is 6. The highest BCUT2D eigenvalue weighted by Gasteiger charge is 2.20. The van der Waals surface area contributed by atoms with Crippen LogP contribution in [0, 0.1) is 0 Å². The fourth-order valence-corrected chi connectivity index (χ4v) is 3.01. The van der Waals surface area contributed by atoms with Gasteiger partial charge in [0.1, 0.15) is 5.82 Å². The molecule has 0 unspecified atom stereocenters. The molecule has 1 aliphatic rings. The highest BCUT2D eigenvalue weighted by atomic mass is 16.2. The minimum absolute atomic E-state index is 0.0311. The zero-order valence-electron chi connectivity index (χ0n) is 15.5. The number of nitrogens with zero attached hydrogens (tertiary/aromatic N) is 6. The number of anilines is 2. The summed E-state index contributed by atoms with van der Waals surface area (Å²) < 4.78 is 0. The minimum atomic E-state index is 0.0311. The van der Waals surface area contributed by atoms with E-state index in [0.717, 1.165) is 57.3 Å². The molecule has 26 heavy (non-hydrogen) atoms. The molecular formula is C19H26N6O. The Balaban J connectivity index is 1.57. The first-order valence-electron chi connectivity index (χ1n) is 9.17. The summed E-state index contributed by atoms with van der Waals surface area (Å²) in [7, 11) is 1.84. The molecule has 0 aliphatic carbocycles. The first-order chi connectivity index (χ1) is 12.7. The average molecular weight is 354 g/mol. The number of carbonyl (C=O) groups excluding carboxylic acids is 1. The number of carbonyl (C=O) groups is 1. The number of unbranched alkanes of at least 4 members (excludes halogenated alkanes) is 1. The summed E-state index contributed by atoms with van der Waals surface area (Å²) in [5.74, 6) is 1.71. The molecule has 2 aromatic rings. The maximum Gasteiger partial charge on any atom is 0.255 e. The van der Waals surface area contributed by atoms with E-state index in [1.807, 2.05) is 25.2 Å². The Morgan fingerprint density at radius 3 is 2.38 bits per heavy atom. The van der Waals surface area contributed by atoms with E-state index in [1.165, 1.54) is 0 Å². The third-order valence-electron chi connectivity index (χ3n) is 4.63. The summed E-state index contributed by atoms with van der Waals surface area (Å²) in [4.78, 5) is 31.7. The molecular weight excluding hydrogens is 328 g/mol. The summed E-state index contributed by atoms with van der Waals surface area (Å²) in [5.41, 5.74) is 0.642. The fraction of sp³-hybridized carbons (Fsp3) is 0.474. The fourth-order valence-electron chi connectivity index (χ4n) is 3.01. The molecule has 3 heterocycles. The second-order valence-corrected chi connectivity index (χ2v) is 6.51. The van der Waals surface area contributed by atoms with Crippen molar-refractivity contribution in [3.05, 3.63) is 42.4 Å². The molecule has 3 rings (SSSR count). The van der Waals surface area contributed by atoms with Crippen molar-refractivity contribution in [2.45, 2.75) is 19.8 Å². The molecule has 7 nitrogen and oxygen atoms in total. The zero-order valence-corrected chi connectivity index (χ0v) is 15.5. The number of aromatic nitrogens is 3. The number of amides is 1. The average Bonchev–Trinajstić information content (AvgIpc) is 2.72. The van der Waals surface area contributed by atoms with E-state index in [-0.39, 0.29) is 5.91 Å². The first kappa shape index (κ1) is 18.1. The topological polar surface area (TPSA) is 65.5 Å². The van der Waals surface area contributed by atoms with Crippen LogP contribution in [0.5, 0.6) is 0 Å². The smallest absolute Gasteiger partial charge is 0.255 e. The van der Waals surface area contributed by atoms with Crippen molar-refractivity contribution in [1.29, 1.82) is 0 Å². The highest BCUT2D eigenvalue weighted by Crippen LogP contribution is 2.17. The number of piperazine rings is 1. The summed E-state index contributed by atoms with van der Waals surface area (Å²) in [5, 5.41) is 0. The van der Waals surface area contributed by atoms with Crippen molar-refractivity contribution in [2.75, 3.05) is 49.6 Å². The van der Waals surface area contributed by atoms with Crippen LogP contribution in [-0.4, -0.2) is 65.5 Å². The van der Waals surface area contributed by atoms with E-state index >= 15 is 0 Å². The van der Waals surface area contributed by atoms with Crippen molar-refractivity contribution < 1.29 is 4.79 Å². The van der Waals surface area contributed by atoms with Gasteiger partial charge in [0.05, 0.1) is 5.56 Å². The molecule has 7 heteroatoms. The van der Waals surface area contributed by atoms with Crippen LogP contribution in [0.3, 0.4) is 0 Å². The summed E-state index contributed by atoms with van der Waals surface area (Å²) in [6.07, 6.45) is 7.32. The Labute approximate surface area is 154 Å². The van der Waals surface area contributed by atoms with Gasteiger partial charge in [-0.2, -0.15) is 0 Å². The van der Waals surface area contributed by atoms with Crippen molar-refractivity contribution in [2.24, 2.45) is 0 Å². The van der Waals surface area contributed by atoms with Crippen LogP contribution in [-0.2, 0) is 0 Å². The largest absolute Gasteiger partial charge is 0.353 e. The molecule has 0 bridgehead atoms. The third kappa shape index (κ3) is 4.28. The van der Waals surface area contributed by atoms with Crippen LogP contribution in [0.4, 0.5) is 11.8 Å². The SMILES string of the molecule is CCCCN(C)C(=O)c1ccc(N2CCN(c3ncccn3)CC2)nc1. The second-order valence-electron chi connectivity index (χ2n) is 6.51. The predicted molar refractivity (Wildman–Crippen MR) is 103 cm³/mol. The monoisotopic (exact) mass is 354 g/mol. The lowest BCUT2D eigenvalue weighted by atomic mass is 10.2. The van der Waals surface area contributed by atoms with Crippen LogP contribution in [0.1, 0.15) is 30.1 Å². The standard InChI is InChI=1S/C19H26N6O/c1-3-4-10-23(2)18(26)16-6-7-17(22-15-16)24-11-13-25(14-12-24)19-20-8-5-9-21-19/h5-9,15H,3-4,10-14H2,1-2H3. The number of hydrogen-bond donors (Lipinski definition) is 0. The van der Waals surface area contributed by atoms with E-state index in [2.05, 4.69) is 31.7 Å². The van der Waals surface area contributed by atoms with Gasteiger partial charge in [0, 0.05) is 58.4 Å². The Morgan fingerprint density at radius 1 is 1.08 bits per heavy atom. The van der Waals surface area contributed by atoms with Crippen LogP contribution >= 0.6 is 0 Å². The molecule has 0 saturated carbocycles. The third-order valence-corrected chi connectivity index (χ3v) is 4.63. The van der Waals surface area contributed by atoms with Crippen molar-refractivity contribution in [3.63, 3.8) is 0 Å². The number of hydrogen-bond acceptors (Lipinski definition) is 6. The first-order valence-corrected chi connectivity index (χ1v) is 9.17. The quantitative estimate of drug-likeness (QED) is 0.791. The zero-order chi connectivity index (χ0) is 18.4. The normalized spacial score (nSPS) is 14.4. The van der Waals surface area contributed by atoms with E-state index in [9.17, 15) is 4.79 Å². The maximum absolute atomic E-state index is 12.4. The summed E-state index contributed by atoms with van der Waals surface area (Å²) in [6, 6.07) is 5.64. The lowest BCUT2D eigenvalue weighted by Gasteiger charge is -2.35. The maximum atomic E-state index is 12.4. The number of pyridine rings is 1. The van der Waals surface area contributed by atoms with E-state index in [1.54, 1.807) is 23.5 Å². The van der Waals surface area contributed by atoms with Gasteiger partial charge in [-0.05, 0) is 24.6 Å². The van der Waals surface area contributed by atoms with Gasteiger partial charge in [0.15, 0.2) is 0 Å². The molecule has 1 aliphatic heterocycles. The van der Waals surface area contributed by atoms with Gasteiger partial charge in [-0.15, -0.1) is 0 Å². The van der Waals surface area contributed by atoms with Crippen LogP contribution < -0.4 is 9.80 Å². The van der Waals surface area contributed by atoms with Gasteiger partial charge >= 0.3 is 0 Å². The highest BCUT2D eigenvalue weighted by molar-refractivity contribution is 5.93. The van der Waals surface area contributed by atoms with Crippen LogP contribution in [0.15, 0.2) is 36.8 Å². The molecule has 1 fully saturated rings. The molecule has 2 aromatic heterocycles. The lowest BCUT2D eigenvalue weighted by molar-refractivity contribution is 0.0793. The molecule has 0 N–H and O–H groups in total. The van der Waals surface area contributed by atoms with Gasteiger partial charge in [0.2, 0.25) is 5.95 Å². The Bertz CT molecular complexity index is 698. The minimum Gasteiger partial charge on any atom is -0.353 e. The molecule has 0 spiro atoms. The van der Waals surface area contributed by atoms with Gasteiger partial charge in [0.25, 0.3) is 5.91 Å². The van der Waals surface area contributed by atoms with Gasteiger partial charge in [-0.1, -0.05) is 13.3 Å². The Morgan fingerprint density at radius 2 is 1.77 bits per heavy atom. The Kier molecular flexibility index (Phi) is 5.99. The van der Waals surface area contributed by atoms with E-state index in [0.29, 0.717) is 5.56 Å². The van der Waals surface area contributed by atoms with Gasteiger partial charge in [-0.3, -0.25) is 4.79 Å². The van der Waals surface area contributed by atoms with Crippen LogP contribution in [0.2, 0.25) is 0 Å². The molecule has 1 amide bonds. The molecule has 0 atom stereocenters. The molecule has 0 radical (unpaired) electrons. The predicted octanol–water partition coefficient (Wildman–Crippen LogP) is 2.07. The van der Waals surface area contributed by atoms with Crippen molar-refractivity contribution in [3.8, 4) is 0 Å². The second kappa shape index (κ2) is 8.60. The molecule has 1 saturated heterocycles. The summed E-state index contributed by atoms with van der Waals surface area (Å²) in [6.45, 7) is 6.32. The van der Waals surface area contributed by atoms with Gasteiger partial charge in [-0.25, -0.2) is 15.0 Å². The molecule has 138 valence electrons. The van der Waals surface area contributed by atoms with Crippen LogP contribution in [0.25, 0.3) is 0 Å². The Hall–Kier alpha value is -2.70. The van der Waals surface area contributed by atoms with Crippen molar-refractivity contribution in [1.82, 2.24) is 19.9 Å². The van der Waals surface area contributed by atoms with Crippen molar-refractivity contribution >= 4 is 17.7 Å². The lowest BCUT2D eigenvalue weighted by Crippen LogP contribution is -2.47. The summed E-state index contributed by atoms with van der Waals surface area (Å²) >= 11 is 0. The van der Waals surface area contributed by atoms with E-state index < -0.39 is 0 Å². The van der Waals surface area contributed by atoms with E-state index in [4.69, 9.17) is 0 Å².